The van der Waals surface area contributed by atoms with E-state index in [4.69, 9.17) is 4.74 Å². The Morgan fingerprint density at radius 1 is 1.14 bits per heavy atom. The minimum Gasteiger partial charge on any atom is -0.444 e. The predicted octanol–water partition coefficient (Wildman–Crippen LogP) is 3.33. The molecule has 0 aromatic carbocycles. The van der Waals surface area contributed by atoms with Gasteiger partial charge in [-0.2, -0.15) is 0 Å². The van der Waals surface area contributed by atoms with Crippen LogP contribution in [0.4, 0.5) is 4.79 Å². The Bertz CT molecular complexity index is 399. The summed E-state index contributed by atoms with van der Waals surface area (Å²) >= 11 is 0. The normalized spacial score (nSPS) is 20.3. The molecule has 1 rings (SSSR count). The third-order valence-electron chi connectivity index (χ3n) is 3.80. The van der Waals surface area contributed by atoms with Gasteiger partial charge in [-0.3, -0.25) is 4.79 Å². The molecule has 1 aliphatic heterocycles. The highest BCUT2D eigenvalue weighted by atomic mass is 16.6. The van der Waals surface area contributed by atoms with Gasteiger partial charge in [0.05, 0.1) is 0 Å². The average molecular weight is 312 g/mol. The summed E-state index contributed by atoms with van der Waals surface area (Å²) in [5.41, 5.74) is -1.15. The lowest BCUT2D eigenvalue weighted by molar-refractivity contribution is -0.132. The van der Waals surface area contributed by atoms with Gasteiger partial charge in [-0.15, -0.1) is 0 Å². The van der Waals surface area contributed by atoms with Crippen molar-refractivity contribution < 1.29 is 14.3 Å². The molecule has 1 aliphatic rings. The maximum absolute atomic E-state index is 12.5. The smallest absolute Gasteiger partial charge is 0.408 e. The van der Waals surface area contributed by atoms with Gasteiger partial charge in [0.15, 0.2) is 0 Å². The highest BCUT2D eigenvalue weighted by Gasteiger charge is 2.29. The van der Waals surface area contributed by atoms with Crippen LogP contribution in [-0.2, 0) is 9.53 Å². The van der Waals surface area contributed by atoms with Gasteiger partial charge in [0.2, 0.25) is 5.91 Å². The molecule has 1 fully saturated rings. The molecule has 0 aromatic heterocycles. The van der Waals surface area contributed by atoms with Crippen LogP contribution in [0, 0.1) is 5.92 Å². The SMILES string of the molecule is CC1CCCN(C(=O)CC(C)(C)NC(=O)OC(C)(C)C)CC1. The fourth-order valence-electron chi connectivity index (χ4n) is 2.63. The largest absolute Gasteiger partial charge is 0.444 e. The van der Waals surface area contributed by atoms with Crippen LogP contribution in [-0.4, -0.2) is 41.1 Å². The maximum atomic E-state index is 12.5. The molecule has 128 valence electrons. The molecule has 1 heterocycles. The summed E-state index contributed by atoms with van der Waals surface area (Å²) in [7, 11) is 0. The molecule has 1 N–H and O–H groups in total. The number of hydrogen-bond acceptors (Lipinski definition) is 3. The Kier molecular flexibility index (Phi) is 6.27. The number of nitrogens with zero attached hydrogens (tertiary/aromatic N) is 1. The first-order valence-corrected chi connectivity index (χ1v) is 8.27. The van der Waals surface area contributed by atoms with E-state index in [2.05, 4.69) is 12.2 Å². The highest BCUT2D eigenvalue weighted by molar-refractivity contribution is 5.78. The van der Waals surface area contributed by atoms with Gasteiger partial charge >= 0.3 is 6.09 Å². The van der Waals surface area contributed by atoms with Crippen LogP contribution in [0.5, 0.6) is 0 Å². The van der Waals surface area contributed by atoms with E-state index in [0.717, 1.165) is 25.9 Å². The first-order valence-electron chi connectivity index (χ1n) is 8.27. The molecule has 22 heavy (non-hydrogen) atoms. The number of likely N-dealkylation sites (tertiary alicyclic amines) is 1. The number of alkyl carbamates (subject to hydrolysis) is 1. The lowest BCUT2D eigenvalue weighted by Gasteiger charge is -2.30. The van der Waals surface area contributed by atoms with E-state index in [1.807, 2.05) is 39.5 Å². The molecule has 2 amide bonds. The highest BCUT2D eigenvalue weighted by Crippen LogP contribution is 2.19. The fourth-order valence-corrected chi connectivity index (χ4v) is 2.63. The van der Waals surface area contributed by atoms with E-state index >= 15 is 0 Å². The Balaban J connectivity index is 2.52. The Labute approximate surface area is 134 Å². The van der Waals surface area contributed by atoms with E-state index in [9.17, 15) is 9.59 Å². The van der Waals surface area contributed by atoms with Crippen LogP contribution in [0.1, 0.15) is 67.2 Å². The molecule has 1 saturated heterocycles. The van der Waals surface area contributed by atoms with Gasteiger partial charge in [0.25, 0.3) is 0 Å². The molecule has 0 spiro atoms. The van der Waals surface area contributed by atoms with Crippen molar-refractivity contribution in [2.24, 2.45) is 5.92 Å². The third-order valence-corrected chi connectivity index (χ3v) is 3.80. The van der Waals surface area contributed by atoms with E-state index < -0.39 is 17.2 Å². The average Bonchev–Trinajstić information content (AvgIpc) is 2.49. The molecule has 5 nitrogen and oxygen atoms in total. The first-order chi connectivity index (χ1) is 9.98. The fraction of sp³-hybridized carbons (Fsp3) is 0.882. The number of ether oxygens (including phenoxy) is 1. The van der Waals surface area contributed by atoms with Crippen molar-refractivity contribution in [2.75, 3.05) is 13.1 Å². The Morgan fingerprint density at radius 3 is 2.36 bits per heavy atom. The molecule has 0 bridgehead atoms. The van der Waals surface area contributed by atoms with Crippen LogP contribution in [0.25, 0.3) is 0 Å². The lowest BCUT2D eigenvalue weighted by atomic mass is 10.00. The summed E-state index contributed by atoms with van der Waals surface area (Å²) in [5.74, 6) is 0.792. The van der Waals surface area contributed by atoms with Crippen molar-refractivity contribution in [3.63, 3.8) is 0 Å². The second-order valence-electron chi connectivity index (χ2n) is 8.10. The number of amides is 2. The van der Waals surface area contributed by atoms with Crippen LogP contribution in [0.15, 0.2) is 0 Å². The zero-order valence-corrected chi connectivity index (χ0v) is 15.0. The molecular weight excluding hydrogens is 280 g/mol. The molecule has 0 aromatic rings. The standard InChI is InChI=1S/C17H32N2O3/c1-13-8-7-10-19(11-9-13)14(20)12-17(5,6)18-15(21)22-16(2,3)4/h13H,7-12H2,1-6H3,(H,18,21). The molecular formula is C17H32N2O3. The minimum atomic E-state index is -0.614. The van der Waals surface area contributed by atoms with Crippen LogP contribution in [0.3, 0.4) is 0 Å². The summed E-state index contributed by atoms with van der Waals surface area (Å²) < 4.78 is 5.26. The van der Waals surface area contributed by atoms with Gasteiger partial charge in [0, 0.05) is 25.0 Å². The molecule has 1 unspecified atom stereocenters. The van der Waals surface area contributed by atoms with Gasteiger partial charge in [0.1, 0.15) is 5.60 Å². The third kappa shape index (κ3) is 7.14. The van der Waals surface area contributed by atoms with Crippen molar-refractivity contribution in [1.29, 1.82) is 0 Å². The van der Waals surface area contributed by atoms with E-state index in [1.54, 1.807) is 0 Å². The van der Waals surface area contributed by atoms with Crippen LogP contribution in [0.2, 0.25) is 0 Å². The summed E-state index contributed by atoms with van der Waals surface area (Å²) in [6, 6.07) is 0. The zero-order valence-electron chi connectivity index (χ0n) is 15.0. The number of nitrogens with one attached hydrogen (secondary N) is 1. The summed E-state index contributed by atoms with van der Waals surface area (Å²) in [4.78, 5) is 26.3. The summed E-state index contributed by atoms with van der Waals surface area (Å²) in [6.45, 7) is 13.1. The number of carbonyl (C=O) groups is 2. The molecule has 0 aliphatic carbocycles. The number of hydrogen-bond donors (Lipinski definition) is 1. The second kappa shape index (κ2) is 7.34. The van der Waals surface area contributed by atoms with E-state index in [0.29, 0.717) is 12.3 Å². The molecule has 0 saturated carbocycles. The van der Waals surface area contributed by atoms with Gasteiger partial charge in [-0.05, 0) is 59.8 Å². The summed E-state index contributed by atoms with van der Waals surface area (Å²) in [5, 5.41) is 2.80. The van der Waals surface area contributed by atoms with Crippen molar-refractivity contribution in [1.82, 2.24) is 10.2 Å². The van der Waals surface area contributed by atoms with E-state index in [1.165, 1.54) is 6.42 Å². The van der Waals surface area contributed by atoms with Crippen molar-refractivity contribution >= 4 is 12.0 Å². The zero-order chi connectivity index (χ0) is 17.0. The maximum Gasteiger partial charge on any atom is 0.408 e. The predicted molar refractivity (Wildman–Crippen MR) is 87.7 cm³/mol. The first kappa shape index (κ1) is 18.8. The lowest BCUT2D eigenvalue weighted by Crippen LogP contribution is -2.49. The van der Waals surface area contributed by atoms with Crippen molar-refractivity contribution in [3.8, 4) is 0 Å². The van der Waals surface area contributed by atoms with Gasteiger partial charge < -0.3 is 15.0 Å². The van der Waals surface area contributed by atoms with Crippen LogP contribution >= 0.6 is 0 Å². The monoisotopic (exact) mass is 312 g/mol. The second-order valence-corrected chi connectivity index (χ2v) is 8.10. The van der Waals surface area contributed by atoms with Gasteiger partial charge in [-0.1, -0.05) is 6.92 Å². The Hall–Kier alpha value is -1.26. The molecule has 0 radical (unpaired) electrons. The Morgan fingerprint density at radius 2 is 1.77 bits per heavy atom. The van der Waals surface area contributed by atoms with Gasteiger partial charge in [-0.25, -0.2) is 4.79 Å². The number of rotatable bonds is 3. The quantitative estimate of drug-likeness (QED) is 0.869. The van der Waals surface area contributed by atoms with E-state index in [-0.39, 0.29) is 5.91 Å². The molecule has 1 atom stereocenters. The topological polar surface area (TPSA) is 58.6 Å². The van der Waals surface area contributed by atoms with Crippen LogP contribution < -0.4 is 5.32 Å². The van der Waals surface area contributed by atoms with Crippen molar-refractivity contribution in [3.05, 3.63) is 0 Å². The molecule has 5 heteroatoms. The summed E-state index contributed by atoms with van der Waals surface area (Å²) in [6.07, 6.45) is 3.12. The number of carbonyl (C=O) groups excluding carboxylic acids is 2. The van der Waals surface area contributed by atoms with Crippen molar-refractivity contribution in [2.45, 2.75) is 78.4 Å². The minimum absolute atomic E-state index is 0.107.